The van der Waals surface area contributed by atoms with Crippen LogP contribution in [-0.2, 0) is 20.7 Å². The molecule has 13 heteroatoms. The molecule has 44 heavy (non-hydrogen) atoms. The highest BCUT2D eigenvalue weighted by Crippen LogP contribution is 2.27. The van der Waals surface area contributed by atoms with Gasteiger partial charge in [0, 0.05) is 75.5 Å². The zero-order chi connectivity index (χ0) is 28.6. The summed E-state index contributed by atoms with van der Waals surface area (Å²) in [5.74, 6) is 0.350. The van der Waals surface area contributed by atoms with Crippen LogP contribution >= 0.6 is 37.2 Å². The number of aromatic amines is 1. The third-order valence-corrected chi connectivity index (χ3v) is 7.91. The third kappa shape index (κ3) is 10.2. The average molecular weight is 674 g/mol. The van der Waals surface area contributed by atoms with Crippen molar-refractivity contribution in [2.24, 2.45) is 0 Å². The summed E-state index contributed by atoms with van der Waals surface area (Å²) in [6.07, 6.45) is 0.116. The highest BCUT2D eigenvalue weighted by molar-refractivity contribution is 5.91. The monoisotopic (exact) mass is 672 g/mol. The van der Waals surface area contributed by atoms with Gasteiger partial charge in [0.2, 0.25) is 0 Å². The van der Waals surface area contributed by atoms with Crippen molar-refractivity contribution in [1.29, 1.82) is 0 Å². The first-order valence-electron chi connectivity index (χ1n) is 14.4. The Morgan fingerprint density at radius 3 is 2.05 bits per heavy atom. The van der Waals surface area contributed by atoms with E-state index in [-0.39, 0.29) is 55.6 Å². The number of fused-ring (bicyclic) bond motifs is 1. The summed E-state index contributed by atoms with van der Waals surface area (Å²) in [5.41, 5.74) is 3.15. The second-order valence-electron chi connectivity index (χ2n) is 10.6. The Hall–Kier alpha value is -2.57. The van der Waals surface area contributed by atoms with Crippen LogP contribution in [0.4, 0.5) is 0 Å². The molecule has 244 valence electrons. The van der Waals surface area contributed by atoms with Gasteiger partial charge in [0.05, 0.1) is 32.3 Å². The van der Waals surface area contributed by atoms with Crippen LogP contribution in [-0.4, -0.2) is 117 Å². The van der Waals surface area contributed by atoms with E-state index < -0.39 is 0 Å². The van der Waals surface area contributed by atoms with E-state index in [2.05, 4.69) is 19.7 Å². The normalized spacial score (nSPS) is 15.9. The number of H-pyrrole nitrogens is 1. The highest BCUT2D eigenvalue weighted by atomic mass is 35.5. The average Bonchev–Trinajstić information content (AvgIpc) is 3.31. The Labute approximate surface area is 277 Å². The Kier molecular flexibility index (Phi) is 15.7. The number of esters is 2. The molecule has 2 fully saturated rings. The van der Waals surface area contributed by atoms with Crippen molar-refractivity contribution in [1.82, 2.24) is 19.7 Å². The molecule has 0 atom stereocenters. The van der Waals surface area contributed by atoms with E-state index in [1.807, 2.05) is 25.1 Å². The Bertz CT molecular complexity index is 1330. The van der Waals surface area contributed by atoms with Gasteiger partial charge in [-0.2, -0.15) is 0 Å². The largest absolute Gasteiger partial charge is 0.497 e. The number of piperazine rings is 1. The quantitative estimate of drug-likeness (QED) is 0.239. The van der Waals surface area contributed by atoms with Crippen molar-refractivity contribution in [2.75, 3.05) is 85.8 Å². The number of carbonyl (C=O) groups is 2. The molecule has 2 saturated heterocycles. The number of benzene rings is 2. The first-order chi connectivity index (χ1) is 20.0. The van der Waals surface area contributed by atoms with Crippen LogP contribution in [0.3, 0.4) is 0 Å². The molecule has 5 rings (SSSR count). The molecule has 1 aromatic heterocycles. The van der Waals surface area contributed by atoms with Crippen molar-refractivity contribution < 1.29 is 28.5 Å². The van der Waals surface area contributed by atoms with Gasteiger partial charge in [-0.3, -0.25) is 19.5 Å². The van der Waals surface area contributed by atoms with Gasteiger partial charge in [0.25, 0.3) is 0 Å². The molecule has 0 bridgehead atoms. The molecule has 0 amide bonds. The standard InChI is InChI=1S/C31H40N4O6.3ClH/c1-23-27(28-21-26(38-2)7-8-29(28)32-23)22-30(36)41-25-5-3-24(4-6-25)31(37)40-20-17-34-12-9-33(10-13-34)11-14-35-15-18-39-19-16-35;;;/h3-8,21,32H,9-20,22H2,1-2H3;3*1H. The molecular weight excluding hydrogens is 631 g/mol. The smallest absolute Gasteiger partial charge is 0.338 e. The molecule has 0 saturated carbocycles. The van der Waals surface area contributed by atoms with Crippen molar-refractivity contribution >= 4 is 60.1 Å². The lowest BCUT2D eigenvalue weighted by Crippen LogP contribution is -2.50. The number of aromatic nitrogens is 1. The molecule has 3 aromatic rings. The molecule has 2 aliphatic rings. The first-order valence-corrected chi connectivity index (χ1v) is 14.4. The summed E-state index contributed by atoms with van der Waals surface area (Å²) in [4.78, 5) is 35.9. The zero-order valence-corrected chi connectivity index (χ0v) is 27.7. The van der Waals surface area contributed by atoms with E-state index in [1.165, 1.54) is 0 Å². The lowest BCUT2D eigenvalue weighted by Gasteiger charge is -2.36. The topological polar surface area (TPSA) is 96.6 Å². The lowest BCUT2D eigenvalue weighted by molar-refractivity contribution is -0.133. The van der Waals surface area contributed by atoms with Crippen LogP contribution in [0.5, 0.6) is 11.5 Å². The summed E-state index contributed by atoms with van der Waals surface area (Å²) in [6, 6.07) is 12.2. The highest BCUT2D eigenvalue weighted by Gasteiger charge is 2.19. The third-order valence-electron chi connectivity index (χ3n) is 7.91. The molecule has 0 radical (unpaired) electrons. The van der Waals surface area contributed by atoms with Crippen molar-refractivity contribution in [2.45, 2.75) is 13.3 Å². The fraction of sp³-hybridized carbons (Fsp3) is 0.484. The number of carbonyl (C=O) groups excluding carboxylic acids is 2. The SMILES string of the molecule is COc1ccc2[nH]c(C)c(CC(=O)Oc3ccc(C(=O)OCCN4CCN(CCN5CCOCC5)CC4)cc3)c2c1.Cl.Cl.Cl. The number of hydrogen-bond acceptors (Lipinski definition) is 9. The van der Waals surface area contributed by atoms with Gasteiger partial charge in [-0.15, -0.1) is 37.2 Å². The fourth-order valence-corrected chi connectivity index (χ4v) is 5.38. The van der Waals surface area contributed by atoms with E-state index in [9.17, 15) is 9.59 Å². The van der Waals surface area contributed by atoms with Gasteiger partial charge in [-0.25, -0.2) is 4.79 Å². The molecule has 0 aliphatic carbocycles. The number of nitrogens with zero attached hydrogens (tertiary/aromatic N) is 3. The molecule has 2 aliphatic heterocycles. The van der Waals surface area contributed by atoms with Crippen LogP contribution in [0.25, 0.3) is 10.9 Å². The summed E-state index contributed by atoms with van der Waals surface area (Å²) in [5, 5.41) is 0.933. The summed E-state index contributed by atoms with van der Waals surface area (Å²) in [7, 11) is 1.62. The number of aryl methyl sites for hydroxylation is 1. The number of halogens is 3. The fourth-order valence-electron chi connectivity index (χ4n) is 5.38. The van der Waals surface area contributed by atoms with Crippen molar-refractivity contribution in [3.63, 3.8) is 0 Å². The first kappa shape index (κ1) is 37.6. The second-order valence-corrected chi connectivity index (χ2v) is 10.6. The van der Waals surface area contributed by atoms with Gasteiger partial charge < -0.3 is 23.9 Å². The maximum Gasteiger partial charge on any atom is 0.338 e. The summed E-state index contributed by atoms with van der Waals surface area (Å²) < 4.78 is 21.8. The van der Waals surface area contributed by atoms with Gasteiger partial charge in [-0.1, -0.05) is 0 Å². The van der Waals surface area contributed by atoms with Gasteiger partial charge >= 0.3 is 11.9 Å². The predicted octanol–water partition coefficient (Wildman–Crippen LogP) is 4.01. The minimum atomic E-state index is -0.381. The molecule has 0 spiro atoms. The van der Waals surface area contributed by atoms with Crippen molar-refractivity contribution in [3.8, 4) is 11.5 Å². The molecule has 3 heterocycles. The Morgan fingerprint density at radius 1 is 0.818 bits per heavy atom. The molecule has 10 nitrogen and oxygen atoms in total. The van der Waals surface area contributed by atoms with E-state index in [0.717, 1.165) is 100 Å². The van der Waals surface area contributed by atoms with Gasteiger partial charge in [0.15, 0.2) is 0 Å². The second kappa shape index (κ2) is 18.4. The molecular formula is C31H43Cl3N4O6. The van der Waals surface area contributed by atoms with Crippen LogP contribution in [0.1, 0.15) is 21.6 Å². The van der Waals surface area contributed by atoms with Crippen molar-refractivity contribution in [3.05, 3.63) is 59.3 Å². The van der Waals surface area contributed by atoms with Crippen LogP contribution < -0.4 is 9.47 Å². The maximum atomic E-state index is 12.7. The summed E-state index contributed by atoms with van der Waals surface area (Å²) >= 11 is 0. The van der Waals surface area contributed by atoms with Crippen LogP contribution in [0.2, 0.25) is 0 Å². The maximum absolute atomic E-state index is 12.7. The number of nitrogens with one attached hydrogen (secondary N) is 1. The Balaban J connectivity index is 0.00000225. The summed E-state index contributed by atoms with van der Waals surface area (Å²) in [6.45, 7) is 12.9. The number of hydrogen-bond donors (Lipinski definition) is 1. The molecule has 2 aromatic carbocycles. The van der Waals surface area contributed by atoms with Gasteiger partial charge in [0.1, 0.15) is 18.1 Å². The van der Waals surface area contributed by atoms with E-state index in [1.54, 1.807) is 31.4 Å². The minimum Gasteiger partial charge on any atom is -0.497 e. The lowest BCUT2D eigenvalue weighted by atomic mass is 10.1. The van der Waals surface area contributed by atoms with Crippen LogP contribution in [0, 0.1) is 6.92 Å². The Morgan fingerprint density at radius 2 is 1.41 bits per heavy atom. The van der Waals surface area contributed by atoms with Gasteiger partial charge in [-0.05, 0) is 55.0 Å². The molecule has 1 N–H and O–H groups in total. The number of ether oxygens (including phenoxy) is 4. The molecule has 0 unspecified atom stereocenters. The van der Waals surface area contributed by atoms with Crippen LogP contribution in [0.15, 0.2) is 42.5 Å². The number of morpholine rings is 1. The van der Waals surface area contributed by atoms with E-state index >= 15 is 0 Å². The number of methoxy groups -OCH3 is 1. The number of rotatable bonds is 11. The zero-order valence-electron chi connectivity index (χ0n) is 25.2. The predicted molar refractivity (Wildman–Crippen MR) is 178 cm³/mol. The van der Waals surface area contributed by atoms with E-state index in [0.29, 0.717) is 17.9 Å². The van der Waals surface area contributed by atoms with E-state index in [4.69, 9.17) is 18.9 Å². The minimum absolute atomic E-state index is 0.